The normalized spacial score (nSPS) is 18.4. The number of fused-ring (bicyclic) bond motifs is 1. The van der Waals surface area contributed by atoms with Gasteiger partial charge in [0.15, 0.2) is 0 Å². The largest absolute Gasteiger partial charge is 0.480 e. The molecule has 4 heterocycles. The third kappa shape index (κ3) is 2.46. The fourth-order valence-corrected chi connectivity index (χ4v) is 4.78. The molecule has 1 aliphatic heterocycles. The second-order valence-electron chi connectivity index (χ2n) is 6.08. The summed E-state index contributed by atoms with van der Waals surface area (Å²) in [6.07, 6.45) is 2.17. The van der Waals surface area contributed by atoms with Gasteiger partial charge in [0.05, 0.1) is 18.3 Å². The molecule has 0 fully saturated rings. The number of nitrogens with zero attached hydrogens (tertiary/aromatic N) is 2. The summed E-state index contributed by atoms with van der Waals surface area (Å²) >= 11 is 3.30. The highest BCUT2D eigenvalue weighted by Gasteiger charge is 2.36. The number of pyridine rings is 1. The van der Waals surface area contributed by atoms with E-state index in [0.29, 0.717) is 17.1 Å². The van der Waals surface area contributed by atoms with Crippen LogP contribution >= 0.6 is 22.7 Å². The van der Waals surface area contributed by atoms with E-state index in [1.807, 2.05) is 22.9 Å². The number of methoxy groups -OCH3 is 1. The fraction of sp³-hybridized carbons (Fsp3) is 0.158. The van der Waals surface area contributed by atoms with Crippen molar-refractivity contribution in [1.82, 2.24) is 4.98 Å². The molecule has 1 aliphatic rings. The molecule has 1 atom stereocenters. The Balaban J connectivity index is 2.05. The van der Waals surface area contributed by atoms with E-state index in [1.165, 1.54) is 7.11 Å². The monoisotopic (exact) mass is 380 g/mol. The molecule has 0 radical (unpaired) electrons. The van der Waals surface area contributed by atoms with Crippen molar-refractivity contribution in [1.29, 1.82) is 5.26 Å². The number of hydrogen-bond donors (Lipinski definition) is 2. The van der Waals surface area contributed by atoms with Crippen LogP contribution in [0.1, 0.15) is 27.8 Å². The first-order valence-corrected chi connectivity index (χ1v) is 9.70. The number of anilines is 2. The molecule has 3 N–H and O–H groups in total. The van der Waals surface area contributed by atoms with Crippen LogP contribution in [0.3, 0.4) is 0 Å². The summed E-state index contributed by atoms with van der Waals surface area (Å²) in [7, 11) is 1.49. The maximum atomic E-state index is 9.75. The molecule has 130 valence electrons. The Morgan fingerprint density at radius 2 is 2.04 bits per heavy atom. The van der Waals surface area contributed by atoms with Crippen LogP contribution in [0.15, 0.2) is 41.1 Å². The summed E-state index contributed by atoms with van der Waals surface area (Å²) in [5, 5.41) is 17.3. The number of nitrogens with one attached hydrogen (secondary N) is 1. The number of hydrogen-bond acceptors (Lipinski definition) is 7. The Morgan fingerprint density at radius 3 is 2.65 bits per heavy atom. The Morgan fingerprint density at radius 1 is 1.27 bits per heavy atom. The van der Waals surface area contributed by atoms with Crippen molar-refractivity contribution >= 4 is 39.8 Å². The minimum absolute atomic E-state index is 0.234. The van der Waals surface area contributed by atoms with Gasteiger partial charge in [0.25, 0.3) is 0 Å². The molecule has 26 heavy (non-hydrogen) atoms. The molecule has 5 nitrogen and oxygen atoms in total. The van der Waals surface area contributed by atoms with Crippen LogP contribution < -0.4 is 15.8 Å². The molecule has 0 bridgehead atoms. The van der Waals surface area contributed by atoms with Crippen LogP contribution in [0.4, 0.5) is 11.5 Å². The zero-order chi connectivity index (χ0) is 18.3. The lowest BCUT2D eigenvalue weighted by molar-refractivity contribution is 0.397. The quantitative estimate of drug-likeness (QED) is 0.702. The third-order valence-corrected chi connectivity index (χ3v) is 6.41. The SMILES string of the molecule is COc1nc(N)c2c(c1C#N)NC(C)(c1cccs1)C=C2c1cccs1. The first-order valence-electron chi connectivity index (χ1n) is 7.94. The summed E-state index contributed by atoms with van der Waals surface area (Å²) in [5.74, 6) is 0.577. The minimum atomic E-state index is -0.467. The van der Waals surface area contributed by atoms with Crippen LogP contribution in [-0.4, -0.2) is 12.1 Å². The predicted molar refractivity (Wildman–Crippen MR) is 107 cm³/mol. The van der Waals surface area contributed by atoms with E-state index >= 15 is 0 Å². The molecule has 0 spiro atoms. The highest BCUT2D eigenvalue weighted by atomic mass is 32.1. The molecule has 4 rings (SSSR count). The van der Waals surface area contributed by atoms with Gasteiger partial charge in [-0.05, 0) is 35.9 Å². The molecule has 3 aromatic rings. The van der Waals surface area contributed by atoms with Crippen molar-refractivity contribution in [3.8, 4) is 11.9 Å². The Labute approximate surface area is 159 Å². The smallest absolute Gasteiger partial charge is 0.235 e. The minimum Gasteiger partial charge on any atom is -0.480 e. The molecular weight excluding hydrogens is 364 g/mol. The van der Waals surface area contributed by atoms with Gasteiger partial charge in [0.2, 0.25) is 5.88 Å². The zero-order valence-corrected chi connectivity index (χ0v) is 15.9. The van der Waals surface area contributed by atoms with E-state index in [2.05, 4.69) is 41.5 Å². The number of nitrogens with two attached hydrogens (primary N) is 1. The van der Waals surface area contributed by atoms with Crippen molar-refractivity contribution in [3.05, 3.63) is 62.0 Å². The van der Waals surface area contributed by atoms with Crippen molar-refractivity contribution in [2.45, 2.75) is 12.5 Å². The van der Waals surface area contributed by atoms with Gasteiger partial charge in [-0.3, -0.25) is 0 Å². The second kappa shape index (κ2) is 6.16. The van der Waals surface area contributed by atoms with Gasteiger partial charge >= 0.3 is 0 Å². The Bertz CT molecular complexity index is 1030. The molecule has 3 aromatic heterocycles. The van der Waals surface area contributed by atoms with Crippen LogP contribution in [0.5, 0.6) is 5.88 Å². The van der Waals surface area contributed by atoms with E-state index in [1.54, 1.807) is 22.7 Å². The van der Waals surface area contributed by atoms with Gasteiger partial charge in [-0.25, -0.2) is 0 Å². The first-order chi connectivity index (χ1) is 12.6. The molecule has 1 unspecified atom stereocenters. The van der Waals surface area contributed by atoms with E-state index in [0.717, 1.165) is 20.9 Å². The van der Waals surface area contributed by atoms with Crippen LogP contribution in [0.2, 0.25) is 0 Å². The maximum absolute atomic E-state index is 9.75. The average Bonchev–Trinajstić information content (AvgIpc) is 3.34. The van der Waals surface area contributed by atoms with E-state index in [9.17, 15) is 5.26 Å². The van der Waals surface area contributed by atoms with E-state index < -0.39 is 5.54 Å². The molecule has 0 aromatic carbocycles. The maximum Gasteiger partial charge on any atom is 0.235 e. The summed E-state index contributed by atoms with van der Waals surface area (Å²) in [5.41, 5.74) is 8.56. The number of nitrogen functional groups attached to an aromatic ring is 1. The van der Waals surface area contributed by atoms with Crippen molar-refractivity contribution in [2.24, 2.45) is 0 Å². The topological polar surface area (TPSA) is 84.0 Å². The number of nitriles is 1. The highest BCUT2D eigenvalue weighted by Crippen LogP contribution is 2.48. The van der Waals surface area contributed by atoms with Gasteiger partial charge in [0, 0.05) is 20.9 Å². The van der Waals surface area contributed by atoms with E-state index in [4.69, 9.17) is 10.5 Å². The van der Waals surface area contributed by atoms with Crippen molar-refractivity contribution < 1.29 is 4.74 Å². The van der Waals surface area contributed by atoms with Crippen LogP contribution in [0, 0.1) is 11.3 Å². The summed E-state index contributed by atoms with van der Waals surface area (Å²) in [4.78, 5) is 6.54. The fourth-order valence-electron chi connectivity index (χ4n) is 3.22. The highest BCUT2D eigenvalue weighted by molar-refractivity contribution is 7.11. The molecular formula is C19H16N4OS2. The number of aromatic nitrogens is 1. The number of thiophene rings is 2. The predicted octanol–water partition coefficient (Wildman–Crippen LogP) is 4.44. The zero-order valence-electron chi connectivity index (χ0n) is 14.2. The molecule has 0 aliphatic carbocycles. The van der Waals surface area contributed by atoms with Gasteiger partial charge in [-0.1, -0.05) is 12.1 Å². The van der Waals surface area contributed by atoms with Gasteiger partial charge in [0.1, 0.15) is 17.5 Å². The lowest BCUT2D eigenvalue weighted by atomic mass is 9.86. The lowest BCUT2D eigenvalue weighted by Gasteiger charge is -2.35. The van der Waals surface area contributed by atoms with Crippen LogP contribution in [-0.2, 0) is 5.54 Å². The first kappa shape index (κ1) is 16.6. The lowest BCUT2D eigenvalue weighted by Crippen LogP contribution is -2.33. The molecule has 0 saturated heterocycles. The Hall–Kier alpha value is -2.82. The number of ether oxygens (including phenoxy) is 1. The van der Waals surface area contributed by atoms with Crippen LogP contribution in [0.25, 0.3) is 5.57 Å². The molecule has 7 heteroatoms. The van der Waals surface area contributed by atoms with Crippen molar-refractivity contribution in [3.63, 3.8) is 0 Å². The van der Waals surface area contributed by atoms with Crippen molar-refractivity contribution in [2.75, 3.05) is 18.2 Å². The summed E-state index contributed by atoms with van der Waals surface area (Å²) < 4.78 is 5.30. The molecule has 0 saturated carbocycles. The third-order valence-electron chi connectivity index (χ3n) is 4.40. The summed E-state index contributed by atoms with van der Waals surface area (Å²) in [6, 6.07) is 10.4. The second-order valence-corrected chi connectivity index (χ2v) is 7.98. The average molecular weight is 380 g/mol. The van der Waals surface area contributed by atoms with Gasteiger partial charge < -0.3 is 15.8 Å². The van der Waals surface area contributed by atoms with Gasteiger partial charge in [-0.2, -0.15) is 10.2 Å². The molecule has 0 amide bonds. The Kier molecular flexibility index (Phi) is 3.94. The van der Waals surface area contributed by atoms with E-state index in [-0.39, 0.29) is 5.88 Å². The summed E-state index contributed by atoms with van der Waals surface area (Å²) in [6.45, 7) is 2.10. The van der Waals surface area contributed by atoms with Gasteiger partial charge in [-0.15, -0.1) is 22.7 Å². The standard InChI is InChI=1S/C19H16N4OS2/c1-19(14-6-4-8-26-14)9-11(13-5-3-7-25-13)15-16(23-19)12(10-20)18(24-2)22-17(15)21/h3-9,23H,1-2H3,(H2,21,22). The number of rotatable bonds is 3.